The number of nitrogens with zero attached hydrogens (tertiary/aromatic N) is 2. The van der Waals surface area contributed by atoms with Gasteiger partial charge < -0.3 is 45.3 Å². The van der Waals surface area contributed by atoms with Gasteiger partial charge in [-0.25, -0.2) is 9.79 Å². The van der Waals surface area contributed by atoms with Gasteiger partial charge in [0.05, 0.1) is 17.5 Å². The first-order chi connectivity index (χ1) is 59.8. The highest BCUT2D eigenvalue weighted by Crippen LogP contribution is 2.59. The zero-order valence-corrected chi connectivity index (χ0v) is 87.9. The van der Waals surface area contributed by atoms with Crippen LogP contribution in [0.4, 0.5) is 4.79 Å². The van der Waals surface area contributed by atoms with E-state index in [9.17, 15) is 33.6 Å². The molecule has 19 nitrogen and oxygen atoms in total. The van der Waals surface area contributed by atoms with Crippen molar-refractivity contribution < 1.29 is 57.6 Å². The SMILES string of the molecule is C1CCNC1.CC(=O)c1cc(Br)ccc1O.CC(C)(C)C1CCC(=O)CC1.CC(C)(C)C1CCC2(CC1)CC(=O)c1cc(Br)ccc1O2.CC(C)(C)C1CCC2(CC1)CC1(NC(=O)NC1=O)c1cc(Br)ccc1O2.CC(C)(C)C1CCC2(CC1)CC1(NC(=S)NC1=O)c1cc(Br)ccc1O2.CSC1=NC2(CC3(CCC(C(C)(C)C)CC3)Oc3ccc(Br)cc32)C(=O)N1C. The maximum atomic E-state index is 13.5. The fraction of sp³-hybridized carbons (Fsp3) is 0.618. The van der Waals surface area contributed by atoms with Crippen LogP contribution in [0.5, 0.6) is 28.7 Å². The molecule has 18 rings (SSSR count). The van der Waals surface area contributed by atoms with Gasteiger partial charge in [0.25, 0.3) is 17.7 Å². The van der Waals surface area contributed by atoms with Crippen molar-refractivity contribution in [3.8, 4) is 28.7 Å². The van der Waals surface area contributed by atoms with Crippen LogP contribution < -0.4 is 45.5 Å². The molecule has 26 heteroatoms. The lowest BCUT2D eigenvalue weighted by Crippen LogP contribution is -2.57. The molecule has 128 heavy (non-hydrogen) atoms. The number of phenols is 1. The van der Waals surface area contributed by atoms with Crippen LogP contribution in [-0.2, 0) is 35.8 Å². The number of nitrogens with one attached hydrogen (secondary N) is 5. The van der Waals surface area contributed by atoms with E-state index in [1.807, 2.05) is 86.1 Å². The van der Waals surface area contributed by atoms with Crippen LogP contribution in [0, 0.1) is 56.7 Å². The monoisotopic (exact) mass is 2110 g/mol. The number of aromatic hydroxyl groups is 1. The van der Waals surface area contributed by atoms with Crippen LogP contribution in [0.25, 0.3) is 0 Å². The number of thiocarbonyl (C=S) groups is 1. The number of benzene rings is 5. The number of amidine groups is 1. The maximum Gasteiger partial charge on any atom is 0.322 e. The number of rotatable bonds is 1. The minimum Gasteiger partial charge on any atom is -0.507 e. The highest BCUT2D eigenvalue weighted by Gasteiger charge is 2.62. The number of fused-ring (bicyclic) bond motifs is 7. The summed E-state index contributed by atoms with van der Waals surface area (Å²) in [5.74, 6) is 6.90. The molecule has 0 radical (unpaired) electrons. The molecule has 6 N–H and O–H groups in total. The number of amides is 5. The van der Waals surface area contributed by atoms with Gasteiger partial charge in [-0.05, 0) is 315 Å². The Morgan fingerprint density at radius 3 is 1.20 bits per heavy atom. The van der Waals surface area contributed by atoms with Crippen molar-refractivity contribution >= 4 is 155 Å². The number of carbonyl (C=O) groups is 7. The Morgan fingerprint density at radius 1 is 0.477 bits per heavy atom. The molecule has 5 aromatic carbocycles. The first kappa shape index (κ1) is 101. The van der Waals surface area contributed by atoms with Crippen molar-refractivity contribution in [2.45, 2.75) is 317 Å². The van der Waals surface area contributed by atoms with Crippen LogP contribution in [0.1, 0.15) is 315 Å². The van der Waals surface area contributed by atoms with Gasteiger partial charge >= 0.3 is 6.03 Å². The third-order valence-electron chi connectivity index (χ3n) is 29.8. The predicted molar refractivity (Wildman–Crippen MR) is 532 cm³/mol. The summed E-state index contributed by atoms with van der Waals surface area (Å²) in [7, 11) is 1.84. The van der Waals surface area contributed by atoms with Crippen molar-refractivity contribution in [1.82, 2.24) is 31.5 Å². The summed E-state index contributed by atoms with van der Waals surface area (Å²) >= 11 is 24.0. The van der Waals surface area contributed by atoms with Crippen molar-refractivity contribution in [3.05, 3.63) is 141 Å². The lowest BCUT2D eigenvalue weighted by atomic mass is 9.64. The lowest BCUT2D eigenvalue weighted by Gasteiger charge is -2.50. The first-order valence-corrected chi connectivity index (χ1v) is 51.8. The number of ether oxygens (including phenoxy) is 4. The quantitative estimate of drug-likeness (QED) is 0.0518. The average Bonchev–Trinajstić information content (AvgIpc) is 1.53. The Hall–Kier alpha value is -5.74. The zero-order valence-electron chi connectivity index (χ0n) is 78.4. The Kier molecular flexibility index (Phi) is 31.4. The summed E-state index contributed by atoms with van der Waals surface area (Å²) in [6.07, 6.45) is 27.5. The van der Waals surface area contributed by atoms with Gasteiger partial charge in [-0.3, -0.25) is 39.0 Å². The summed E-state index contributed by atoms with van der Waals surface area (Å²) in [5.41, 5.74) is 1.21. The number of phenolic OH excluding ortho intramolecular Hbond substituents is 1. The minimum atomic E-state index is -1.04. The number of likely N-dealkylation sites (N-methyl/N-ethyl adjacent to an activating group) is 1. The van der Waals surface area contributed by atoms with Crippen molar-refractivity contribution in [3.63, 3.8) is 0 Å². The van der Waals surface area contributed by atoms with Gasteiger partial charge in [-0.2, -0.15) is 0 Å². The Labute approximate surface area is 811 Å². The number of Topliss-reactive ketones (excluding diaryl/α,β-unsaturated/α-hetero) is 3. The van der Waals surface area contributed by atoms with Crippen molar-refractivity contribution in [1.29, 1.82) is 0 Å². The third-order valence-corrected chi connectivity index (χ3v) is 33.2. The number of urea groups is 1. The van der Waals surface area contributed by atoms with Crippen LogP contribution >= 0.6 is 104 Å². The summed E-state index contributed by atoms with van der Waals surface area (Å²) in [6, 6.07) is 27.7. The molecule has 7 spiro atoms. The molecule has 5 amide bonds. The number of aliphatic imine (C=N–C) groups is 1. The molecule has 5 aromatic rings. The largest absolute Gasteiger partial charge is 0.507 e. The Bertz CT molecular complexity index is 4860. The number of thioether (sulfide) groups is 1. The average molecular weight is 2120 g/mol. The topological polar surface area (TPSA) is 252 Å². The second-order valence-electron chi connectivity index (χ2n) is 43.7. The number of halogens is 5. The molecule has 8 heterocycles. The van der Waals surface area contributed by atoms with Gasteiger partial charge in [-0.15, -0.1) is 0 Å². The zero-order chi connectivity index (χ0) is 93.5. The van der Waals surface area contributed by atoms with E-state index in [0.29, 0.717) is 87.3 Å². The van der Waals surface area contributed by atoms with Crippen LogP contribution in [0.15, 0.2) is 118 Å². The van der Waals surface area contributed by atoms with E-state index in [1.54, 1.807) is 17.0 Å². The molecule has 0 aromatic heterocycles. The minimum absolute atomic E-state index is 0.0284. The normalized spacial score (nSPS) is 29.2. The number of carbonyl (C=O) groups excluding carboxylic acids is 7. The molecule has 0 bridgehead atoms. The molecule has 3 unspecified atom stereocenters. The third kappa shape index (κ3) is 23.1. The lowest BCUT2D eigenvalue weighted by molar-refractivity contribution is -0.135. The summed E-state index contributed by atoms with van der Waals surface area (Å²) in [6.45, 7) is 38.5. The van der Waals surface area contributed by atoms with Crippen LogP contribution in [-0.4, -0.2) is 110 Å². The Morgan fingerprint density at radius 2 is 0.836 bits per heavy atom. The van der Waals surface area contributed by atoms with E-state index in [1.165, 1.54) is 50.7 Å². The van der Waals surface area contributed by atoms with E-state index in [4.69, 9.17) is 41.3 Å². The molecule has 3 saturated heterocycles. The van der Waals surface area contributed by atoms with Crippen LogP contribution in [0.2, 0.25) is 0 Å². The van der Waals surface area contributed by atoms with E-state index >= 15 is 0 Å². The number of imide groups is 1. The van der Waals surface area contributed by atoms with Crippen molar-refractivity contribution in [2.24, 2.45) is 61.7 Å². The molecule has 8 aliphatic heterocycles. The van der Waals surface area contributed by atoms with E-state index in [2.05, 4.69) is 210 Å². The van der Waals surface area contributed by atoms with Gasteiger partial charge in [-0.1, -0.05) is 195 Å². The molecule has 5 aliphatic carbocycles. The second kappa shape index (κ2) is 39.7. The maximum absolute atomic E-state index is 13.5. The molecule has 13 aliphatic rings. The van der Waals surface area contributed by atoms with E-state index in [0.717, 1.165) is 207 Å². The molecule has 3 atom stereocenters. The van der Waals surface area contributed by atoms with Crippen molar-refractivity contribution in [2.75, 3.05) is 26.4 Å². The highest BCUT2D eigenvalue weighted by molar-refractivity contribution is 9.11. The number of ketones is 3. The summed E-state index contributed by atoms with van der Waals surface area (Å²) in [5, 5.41) is 25.0. The molecular formula is C102H136Br5N7O12S2. The van der Waals surface area contributed by atoms with Gasteiger partial charge in [0.15, 0.2) is 38.5 Å². The van der Waals surface area contributed by atoms with Gasteiger partial charge in [0, 0.05) is 78.2 Å². The molecular weight excluding hydrogens is 1980 g/mol. The molecule has 8 fully saturated rings. The fourth-order valence-corrected chi connectivity index (χ4v) is 24.5. The highest BCUT2D eigenvalue weighted by atomic mass is 79.9. The smallest absolute Gasteiger partial charge is 0.322 e. The number of hydrogen-bond donors (Lipinski definition) is 6. The molecule has 5 saturated carbocycles. The van der Waals surface area contributed by atoms with E-state index in [-0.39, 0.29) is 57.3 Å². The van der Waals surface area contributed by atoms with Crippen LogP contribution in [0.3, 0.4) is 0 Å². The molecule has 698 valence electrons. The Balaban J connectivity index is 0.000000141. The van der Waals surface area contributed by atoms with Gasteiger partial charge in [0.2, 0.25) is 0 Å². The standard InChI is InChI=1S/C22H29BrN2O2S.C20H25BrN2O3.C20H25BrN2O2S.C18H23BrO2.C10H18O.C8H7BrO2.C4H9N/c1-20(2,3)14-8-10-21(11-9-14)13-22(18(26)25(4)19(24-22)28-5)16-12-15(23)6-7-17(16)27-21;1-18(2,3)12-6-8-19(9-7-12)11-20(16(24)22-17(25)23-20)14-10-13(21)4-5-15(14)26-19;1-18(2,3)12-6-8-19(9-7-12)11-20(16(24)22-17(26)23-20)14-10-13(21)4-5-15(14)25-19;1-17(2,3)12-6-8-18(9-7-12)11-15(20)14-10-13(19)4-5-16(14)21-18;1-10(2,3)8-4-6-9(11)7-5-8;1-5(10)7-4-6(9)2-3-8(7)11;1-2-4-5-3-1/h6-7,12,14H,8-11,13H2,1-5H3;4-5,10,12H,6-9,11H2,1-3H3,(H2,22,23,24,25);4-5,10,12H,6-9,11H2,1-3H3,(H2,22,23,24,26);4-5,10,12H,6-9,11H2,1-3H3;8H,4-7H2,1-3H3;2-4,11H,1H3;5H,1-4H2. The summed E-state index contributed by atoms with van der Waals surface area (Å²) < 4.78 is 30.5. The first-order valence-electron chi connectivity index (χ1n) is 46.2. The second-order valence-corrected chi connectivity index (χ2v) is 49.5. The van der Waals surface area contributed by atoms with E-state index < -0.39 is 28.2 Å². The summed E-state index contributed by atoms with van der Waals surface area (Å²) in [4.78, 5) is 92.2. The fourth-order valence-electron chi connectivity index (χ4n) is 21.9. The number of hydrogen-bond acceptors (Lipinski definition) is 16. The predicted octanol–water partition coefficient (Wildman–Crippen LogP) is 25.1. The van der Waals surface area contributed by atoms with Gasteiger partial charge in [0.1, 0.15) is 56.9 Å².